The number of hydrogen-bond donors (Lipinski definition) is 0. The molecule has 0 aromatic heterocycles. The van der Waals surface area contributed by atoms with Gasteiger partial charge >= 0.3 is 0 Å². The highest BCUT2D eigenvalue weighted by molar-refractivity contribution is 6.30. The molecule has 0 radical (unpaired) electrons. The van der Waals surface area contributed by atoms with Crippen molar-refractivity contribution in [2.45, 2.75) is 38.5 Å². The highest BCUT2D eigenvalue weighted by Gasteiger charge is 2.44. The molecular weight excluding hydrogens is 461 g/mol. The molecule has 1 aromatic rings. The first kappa shape index (κ1) is 26.0. The summed E-state index contributed by atoms with van der Waals surface area (Å²) in [5.41, 5.74) is 0.995. The number of amides is 2. The second-order valence-electron chi connectivity index (χ2n) is 8.64. The third-order valence-electron chi connectivity index (χ3n) is 6.81. The number of imide groups is 1. The molecule has 1 spiro atoms. The van der Waals surface area contributed by atoms with Gasteiger partial charge in [-0.3, -0.25) is 19.4 Å². The fraction of sp³-hybridized carbons (Fsp3) is 0.636. The summed E-state index contributed by atoms with van der Waals surface area (Å²) >= 11 is 6.17. The summed E-state index contributed by atoms with van der Waals surface area (Å²) in [7, 11) is 1.67. The van der Waals surface area contributed by atoms with Crippen LogP contribution in [0.25, 0.3) is 0 Å². The van der Waals surface area contributed by atoms with Gasteiger partial charge in [-0.25, -0.2) is 0 Å². The second kappa shape index (κ2) is 11.1. The van der Waals surface area contributed by atoms with E-state index in [4.69, 9.17) is 16.3 Å². The van der Waals surface area contributed by atoms with Gasteiger partial charge in [0, 0.05) is 57.1 Å². The van der Waals surface area contributed by atoms with E-state index in [9.17, 15) is 9.59 Å². The van der Waals surface area contributed by atoms with Crippen molar-refractivity contribution in [1.82, 2.24) is 9.80 Å². The number of benzene rings is 1. The van der Waals surface area contributed by atoms with Crippen molar-refractivity contribution in [2.75, 3.05) is 51.3 Å². The maximum absolute atomic E-state index is 12.6. The molecule has 2 heterocycles. The van der Waals surface area contributed by atoms with Gasteiger partial charge < -0.3 is 9.64 Å². The molecule has 2 saturated heterocycles. The van der Waals surface area contributed by atoms with Gasteiger partial charge in [0.2, 0.25) is 11.8 Å². The summed E-state index contributed by atoms with van der Waals surface area (Å²) in [6, 6.07) is 5.68. The van der Waals surface area contributed by atoms with E-state index in [1.54, 1.807) is 7.11 Å². The molecule has 174 valence electrons. The fourth-order valence-electron chi connectivity index (χ4n) is 5.13. The van der Waals surface area contributed by atoms with Crippen LogP contribution >= 0.6 is 36.4 Å². The van der Waals surface area contributed by atoms with Crippen LogP contribution in [0.15, 0.2) is 18.2 Å². The number of piperazine rings is 1. The van der Waals surface area contributed by atoms with Crippen LogP contribution in [-0.2, 0) is 9.59 Å². The van der Waals surface area contributed by atoms with Crippen LogP contribution in [0.2, 0.25) is 5.02 Å². The van der Waals surface area contributed by atoms with Crippen LogP contribution in [0.1, 0.15) is 38.5 Å². The van der Waals surface area contributed by atoms with Gasteiger partial charge in [0.1, 0.15) is 5.75 Å². The molecule has 1 aromatic carbocycles. The van der Waals surface area contributed by atoms with Gasteiger partial charge in [0.05, 0.1) is 12.8 Å². The van der Waals surface area contributed by atoms with Crippen LogP contribution in [0, 0.1) is 5.41 Å². The monoisotopic (exact) mass is 491 g/mol. The first-order chi connectivity index (χ1) is 14.0. The van der Waals surface area contributed by atoms with Gasteiger partial charge in [0.15, 0.2) is 0 Å². The SMILES string of the molecule is COc1ccc(Cl)cc1N1CCN(CCN2C(=O)CC3(CCCC3)CC2=O)CC1.Cl.Cl. The Morgan fingerprint density at radius 1 is 0.968 bits per heavy atom. The van der Waals surface area contributed by atoms with E-state index in [2.05, 4.69) is 9.80 Å². The van der Waals surface area contributed by atoms with Gasteiger partial charge in [-0.2, -0.15) is 0 Å². The lowest BCUT2D eigenvalue weighted by Gasteiger charge is -2.40. The minimum Gasteiger partial charge on any atom is -0.495 e. The van der Waals surface area contributed by atoms with Gasteiger partial charge in [-0.05, 0) is 36.5 Å². The lowest BCUT2D eigenvalue weighted by atomic mass is 9.76. The van der Waals surface area contributed by atoms with Gasteiger partial charge in [-0.1, -0.05) is 24.4 Å². The number of anilines is 1. The number of ether oxygens (including phenoxy) is 1. The second-order valence-corrected chi connectivity index (χ2v) is 9.08. The van der Waals surface area contributed by atoms with E-state index in [1.807, 2.05) is 18.2 Å². The van der Waals surface area contributed by atoms with Gasteiger partial charge in [-0.15, -0.1) is 24.8 Å². The smallest absolute Gasteiger partial charge is 0.229 e. The lowest BCUT2D eigenvalue weighted by Crippen LogP contribution is -2.52. The fourth-order valence-corrected chi connectivity index (χ4v) is 5.29. The summed E-state index contributed by atoms with van der Waals surface area (Å²) in [4.78, 5) is 31.4. The van der Waals surface area contributed by atoms with Gasteiger partial charge in [0.25, 0.3) is 0 Å². The van der Waals surface area contributed by atoms with E-state index >= 15 is 0 Å². The summed E-state index contributed by atoms with van der Waals surface area (Å²) < 4.78 is 5.47. The molecule has 31 heavy (non-hydrogen) atoms. The van der Waals surface area contributed by atoms with Crippen molar-refractivity contribution in [3.63, 3.8) is 0 Å². The minimum absolute atomic E-state index is 0. The van der Waals surface area contributed by atoms with Crippen molar-refractivity contribution >= 4 is 53.9 Å². The van der Waals surface area contributed by atoms with Crippen LogP contribution in [0.4, 0.5) is 5.69 Å². The summed E-state index contributed by atoms with van der Waals surface area (Å²) in [5.74, 6) is 0.893. The highest BCUT2D eigenvalue weighted by atomic mass is 35.5. The van der Waals surface area contributed by atoms with Crippen LogP contribution in [0.5, 0.6) is 5.75 Å². The van der Waals surface area contributed by atoms with E-state index in [1.165, 1.54) is 4.90 Å². The molecule has 1 aliphatic carbocycles. The number of rotatable bonds is 5. The molecule has 4 rings (SSSR count). The molecule has 0 unspecified atom stereocenters. The zero-order valence-corrected chi connectivity index (χ0v) is 20.4. The maximum atomic E-state index is 12.6. The third kappa shape index (κ3) is 5.78. The molecule has 3 aliphatic rings. The number of nitrogens with zero attached hydrogens (tertiary/aromatic N) is 3. The Morgan fingerprint density at radius 2 is 1.58 bits per heavy atom. The number of methoxy groups -OCH3 is 1. The average molecular weight is 493 g/mol. The minimum atomic E-state index is -0.0215. The summed E-state index contributed by atoms with van der Waals surface area (Å²) in [6.07, 6.45) is 5.49. The predicted molar refractivity (Wildman–Crippen MR) is 128 cm³/mol. The number of likely N-dealkylation sites (tertiary alicyclic amines) is 1. The number of hydrogen-bond acceptors (Lipinski definition) is 5. The molecule has 3 fully saturated rings. The van der Waals surface area contributed by atoms with Crippen molar-refractivity contribution < 1.29 is 14.3 Å². The Labute approximate surface area is 202 Å². The Balaban J connectivity index is 0.00000171. The standard InChI is InChI=1S/C22H30ClN3O3.2ClH/c1-29-19-5-4-17(23)14-18(19)25-11-8-24(9-12-25)10-13-26-20(27)15-22(16-21(26)28)6-2-3-7-22;;/h4-5,14H,2-3,6-13,15-16H2,1H3;2*1H. The molecule has 0 N–H and O–H groups in total. The number of carbonyl (C=O) groups is 2. The van der Waals surface area contributed by atoms with Crippen LogP contribution < -0.4 is 9.64 Å². The van der Waals surface area contributed by atoms with Crippen molar-refractivity contribution in [3.8, 4) is 5.75 Å². The number of piperidine rings is 1. The quantitative estimate of drug-likeness (QED) is 0.581. The summed E-state index contributed by atoms with van der Waals surface area (Å²) in [6.45, 7) is 4.74. The third-order valence-corrected chi connectivity index (χ3v) is 7.05. The van der Waals surface area contributed by atoms with E-state index in [-0.39, 0.29) is 42.0 Å². The Kier molecular flexibility index (Phi) is 9.31. The molecule has 2 amide bonds. The molecule has 0 atom stereocenters. The van der Waals surface area contributed by atoms with Crippen molar-refractivity contribution in [1.29, 1.82) is 0 Å². The first-order valence-corrected chi connectivity index (χ1v) is 11.0. The first-order valence-electron chi connectivity index (χ1n) is 10.6. The largest absolute Gasteiger partial charge is 0.495 e. The molecular formula is C22H32Cl3N3O3. The van der Waals surface area contributed by atoms with Crippen molar-refractivity contribution in [2.24, 2.45) is 5.41 Å². The molecule has 0 bridgehead atoms. The Hall–Kier alpha value is -1.21. The Bertz CT molecular complexity index is 759. The topological polar surface area (TPSA) is 53.1 Å². The lowest BCUT2D eigenvalue weighted by molar-refractivity contribution is -0.153. The van der Waals surface area contributed by atoms with E-state index < -0.39 is 0 Å². The number of carbonyl (C=O) groups excluding carboxylic acids is 2. The zero-order valence-electron chi connectivity index (χ0n) is 18.0. The highest BCUT2D eigenvalue weighted by Crippen LogP contribution is 2.46. The predicted octanol–water partition coefficient (Wildman–Crippen LogP) is 4.02. The molecule has 2 aliphatic heterocycles. The average Bonchev–Trinajstić information content (AvgIpc) is 3.15. The van der Waals surface area contributed by atoms with Crippen LogP contribution in [0.3, 0.4) is 0 Å². The van der Waals surface area contributed by atoms with E-state index in [0.717, 1.165) is 69.8 Å². The molecule has 9 heteroatoms. The number of halogens is 3. The van der Waals surface area contributed by atoms with Crippen molar-refractivity contribution in [3.05, 3.63) is 23.2 Å². The summed E-state index contributed by atoms with van der Waals surface area (Å²) in [5, 5.41) is 0.699. The maximum Gasteiger partial charge on any atom is 0.229 e. The normalized spacial score (nSPS) is 21.1. The molecule has 6 nitrogen and oxygen atoms in total. The Morgan fingerprint density at radius 3 is 2.16 bits per heavy atom. The molecule has 1 saturated carbocycles. The van der Waals surface area contributed by atoms with E-state index in [0.29, 0.717) is 24.4 Å². The zero-order chi connectivity index (χ0) is 20.4. The van der Waals surface area contributed by atoms with Crippen LogP contribution in [-0.4, -0.2) is 68.0 Å².